The molecule has 1 aliphatic carbocycles. The molecular weight excluding hydrogens is 922 g/mol. The van der Waals surface area contributed by atoms with Crippen molar-refractivity contribution in [2.45, 2.75) is 185 Å². The van der Waals surface area contributed by atoms with Crippen LogP contribution in [0.4, 0.5) is 0 Å². The zero-order valence-electron chi connectivity index (χ0n) is 39.9. The van der Waals surface area contributed by atoms with E-state index >= 15 is 0 Å². The molecule has 0 amide bonds. The van der Waals surface area contributed by atoms with Crippen LogP contribution >= 0.6 is 15.6 Å². The summed E-state index contributed by atoms with van der Waals surface area (Å²) in [6.45, 7) is 2.82. The van der Waals surface area contributed by atoms with Crippen LogP contribution in [0.3, 0.4) is 0 Å². The van der Waals surface area contributed by atoms with Crippen molar-refractivity contribution in [1.82, 2.24) is 0 Å². The Hall–Kier alpha value is -3.12. The highest BCUT2D eigenvalue weighted by Gasteiger charge is 2.54. The number of allylic oxidation sites excluding steroid dienone is 15. The number of aliphatic hydroxyl groups excluding tert-OH is 5. The Morgan fingerprint density at radius 3 is 1.53 bits per heavy atom. The van der Waals surface area contributed by atoms with E-state index in [4.69, 9.17) is 18.5 Å². The molecule has 9 atom stereocenters. The monoisotopic (exact) mass is 1000 g/mol. The van der Waals surface area contributed by atoms with E-state index in [0.29, 0.717) is 19.3 Å². The number of unbranched alkanes of at least 4 members (excludes halogenated alkanes) is 7. The fourth-order valence-electron chi connectivity index (χ4n) is 6.47. The van der Waals surface area contributed by atoms with Gasteiger partial charge in [-0.3, -0.25) is 23.2 Å². The Kier molecular flexibility index (Phi) is 35.7. The van der Waals surface area contributed by atoms with Crippen molar-refractivity contribution in [1.29, 1.82) is 0 Å². The summed E-state index contributed by atoms with van der Waals surface area (Å²) in [6.07, 6.45) is 31.0. The Balaban J connectivity index is 2.73. The highest BCUT2D eigenvalue weighted by Crippen LogP contribution is 2.49. The minimum atomic E-state index is -5.39. The van der Waals surface area contributed by atoms with E-state index in [0.717, 1.165) is 38.5 Å². The van der Waals surface area contributed by atoms with Crippen LogP contribution in [0, 0.1) is 0 Å². The van der Waals surface area contributed by atoms with Crippen molar-refractivity contribution in [2.75, 3.05) is 13.2 Å². The molecular formula is C49H80O17P2. The Morgan fingerprint density at radius 2 is 1.01 bits per heavy atom. The molecule has 0 aromatic heterocycles. The van der Waals surface area contributed by atoms with Crippen LogP contribution in [-0.2, 0) is 41.8 Å². The summed E-state index contributed by atoms with van der Waals surface area (Å²) in [6, 6.07) is 0. The number of aliphatic hydroxyl groups is 5. The minimum Gasteiger partial charge on any atom is -0.462 e. The summed E-state index contributed by atoms with van der Waals surface area (Å²) in [5, 5.41) is 51.6. The molecule has 0 aliphatic heterocycles. The van der Waals surface area contributed by atoms with Gasteiger partial charge in [0.05, 0.1) is 12.7 Å². The van der Waals surface area contributed by atoms with Gasteiger partial charge in [0.2, 0.25) is 0 Å². The lowest BCUT2D eigenvalue weighted by Gasteiger charge is -2.43. The van der Waals surface area contributed by atoms with Gasteiger partial charge in [-0.15, -0.1) is 0 Å². The van der Waals surface area contributed by atoms with E-state index < -0.39 is 89.6 Å². The molecule has 0 aromatic carbocycles. The van der Waals surface area contributed by atoms with E-state index in [1.807, 2.05) is 30.4 Å². The third kappa shape index (κ3) is 32.6. The van der Waals surface area contributed by atoms with E-state index in [2.05, 4.69) is 73.1 Å². The van der Waals surface area contributed by atoms with E-state index in [9.17, 15) is 58.9 Å². The highest BCUT2D eigenvalue weighted by molar-refractivity contribution is 7.47. The molecule has 68 heavy (non-hydrogen) atoms. The zero-order valence-corrected chi connectivity index (χ0v) is 41.6. The quantitative estimate of drug-likeness (QED) is 0.00953. The molecule has 0 saturated heterocycles. The fourth-order valence-corrected chi connectivity index (χ4v) is 8.01. The van der Waals surface area contributed by atoms with Gasteiger partial charge in [-0.1, -0.05) is 137 Å². The zero-order chi connectivity index (χ0) is 50.5. The number of hydrogen-bond acceptors (Lipinski definition) is 14. The number of hydrogen-bond donors (Lipinski definition) is 8. The maximum Gasteiger partial charge on any atom is 0.472 e. The predicted molar refractivity (Wildman–Crippen MR) is 261 cm³/mol. The number of carbonyl (C=O) groups excluding carboxylic acids is 2. The maximum atomic E-state index is 13.0. The molecule has 1 fully saturated rings. The summed E-state index contributed by atoms with van der Waals surface area (Å²) in [7, 11) is -10.8. The summed E-state index contributed by atoms with van der Waals surface area (Å²) < 4.78 is 49.2. The van der Waals surface area contributed by atoms with Gasteiger partial charge in [0.15, 0.2) is 6.10 Å². The van der Waals surface area contributed by atoms with Crippen LogP contribution in [0.2, 0.25) is 0 Å². The van der Waals surface area contributed by atoms with E-state index in [1.165, 1.54) is 38.5 Å². The molecule has 19 heteroatoms. The topological polar surface area (TPSA) is 276 Å². The van der Waals surface area contributed by atoms with E-state index in [1.54, 1.807) is 12.2 Å². The third-order valence-electron chi connectivity index (χ3n) is 10.2. The molecule has 0 aromatic rings. The standard InChI is InChI=1S/C49H80O17P2/c1-3-5-7-9-11-13-15-17-18-19-20-22-24-26-28-30-32-36-43(52)64-41(39-63-68(60,61)66-49-46(55)44(53)45(54)48(47(49)56)65-67(57,58)59)38-62-42(51)37-33-35-40(50)34-31-29-27-25-23-21-16-14-12-10-8-6-4-2/h11-14,17-18,20-23,26-29,31,34,40-41,44-50,53-56H,3-10,15-16,19,24-25,30,32-33,35-39H2,1-2H3,(H,60,61)(H2,57,58,59)/b13-11-,14-12-,18-17-,22-20-,23-21-,28-26-,29-27-,34-31+/t40-,41-,44?,45?,46?,47?,48-,49+/m1/s1. The van der Waals surface area contributed by atoms with Crippen LogP contribution in [0.1, 0.15) is 136 Å². The van der Waals surface area contributed by atoms with Gasteiger partial charge in [0.1, 0.15) is 43.2 Å². The Labute approximate surface area is 403 Å². The van der Waals surface area contributed by atoms with Crippen LogP contribution < -0.4 is 0 Å². The summed E-state index contributed by atoms with van der Waals surface area (Å²) in [5.74, 6) is -1.48. The second kappa shape index (κ2) is 38.6. The van der Waals surface area contributed by atoms with Crippen molar-refractivity contribution in [3.8, 4) is 0 Å². The third-order valence-corrected chi connectivity index (χ3v) is 11.7. The van der Waals surface area contributed by atoms with Gasteiger partial charge in [-0.2, -0.15) is 0 Å². The molecule has 5 unspecified atom stereocenters. The highest BCUT2D eigenvalue weighted by atomic mass is 31.2. The maximum absolute atomic E-state index is 13.0. The molecule has 8 N–H and O–H groups in total. The van der Waals surface area contributed by atoms with Gasteiger partial charge >= 0.3 is 27.6 Å². The number of phosphoric ester groups is 2. The van der Waals surface area contributed by atoms with E-state index in [-0.39, 0.29) is 25.7 Å². The van der Waals surface area contributed by atoms with Crippen molar-refractivity contribution in [2.24, 2.45) is 0 Å². The Morgan fingerprint density at radius 1 is 0.544 bits per heavy atom. The summed E-state index contributed by atoms with van der Waals surface area (Å²) in [5.41, 5.74) is 0. The summed E-state index contributed by atoms with van der Waals surface area (Å²) in [4.78, 5) is 54.3. The smallest absolute Gasteiger partial charge is 0.462 e. The molecule has 1 rings (SSSR count). The van der Waals surface area contributed by atoms with Gasteiger partial charge in [-0.05, 0) is 83.5 Å². The fraction of sp³-hybridized carbons (Fsp3) is 0.633. The SMILES string of the molecule is CCCCC/C=C\C/C=C\C/C=C\C=C\[C@@H](O)CCCC(=O)OC[C@H](COP(=O)(O)O[C@H]1C(O)C(O)C(O)[C@@H](OP(=O)(O)O)C1O)OC(=O)CCC/C=C\C/C=C\C/C=C\C/C=C\CCCCC. The molecule has 0 bridgehead atoms. The molecule has 1 saturated carbocycles. The van der Waals surface area contributed by atoms with Crippen LogP contribution in [0.25, 0.3) is 0 Å². The average molecular weight is 1000 g/mol. The molecule has 0 spiro atoms. The second-order valence-electron chi connectivity index (χ2n) is 16.3. The second-order valence-corrected chi connectivity index (χ2v) is 18.9. The lowest BCUT2D eigenvalue weighted by molar-refractivity contribution is -0.216. The number of rotatable bonds is 38. The molecule has 17 nitrogen and oxygen atoms in total. The first-order valence-electron chi connectivity index (χ1n) is 23.9. The molecule has 0 heterocycles. The number of ether oxygens (including phenoxy) is 2. The average Bonchev–Trinajstić information content (AvgIpc) is 3.29. The van der Waals surface area contributed by atoms with Crippen molar-refractivity contribution < 1.29 is 82.0 Å². The van der Waals surface area contributed by atoms with Gasteiger partial charge < -0.3 is 49.7 Å². The predicted octanol–water partition coefficient (Wildman–Crippen LogP) is 8.14. The number of esters is 2. The van der Waals surface area contributed by atoms with Gasteiger partial charge in [0, 0.05) is 12.8 Å². The van der Waals surface area contributed by atoms with Crippen molar-refractivity contribution >= 4 is 27.6 Å². The van der Waals surface area contributed by atoms with Gasteiger partial charge in [0.25, 0.3) is 0 Å². The van der Waals surface area contributed by atoms with Crippen molar-refractivity contribution in [3.63, 3.8) is 0 Å². The molecule has 388 valence electrons. The van der Waals surface area contributed by atoms with Gasteiger partial charge in [-0.25, -0.2) is 9.13 Å². The van der Waals surface area contributed by atoms with Crippen molar-refractivity contribution in [3.05, 3.63) is 97.2 Å². The lowest BCUT2D eigenvalue weighted by atomic mass is 9.85. The minimum absolute atomic E-state index is 0.0778. The number of phosphoric acid groups is 2. The first kappa shape index (κ1) is 62.9. The van der Waals surface area contributed by atoms with Crippen LogP contribution in [0.5, 0.6) is 0 Å². The summed E-state index contributed by atoms with van der Waals surface area (Å²) >= 11 is 0. The Bertz CT molecular complexity index is 1700. The largest absolute Gasteiger partial charge is 0.472 e. The first-order valence-corrected chi connectivity index (χ1v) is 26.9. The van der Waals surface area contributed by atoms with Crippen LogP contribution in [-0.4, -0.2) is 114 Å². The lowest BCUT2D eigenvalue weighted by Crippen LogP contribution is -2.64. The number of carbonyl (C=O) groups is 2. The van der Waals surface area contributed by atoms with Crippen LogP contribution in [0.15, 0.2) is 97.2 Å². The molecule has 0 radical (unpaired) electrons. The molecule has 1 aliphatic rings. The normalized spacial score (nSPS) is 22.6. The first-order chi connectivity index (χ1) is 32.5.